The van der Waals surface area contributed by atoms with Gasteiger partial charge in [0.2, 0.25) is 0 Å². The molecule has 0 fully saturated rings. The molecule has 2 aromatic carbocycles. The van der Waals surface area contributed by atoms with Crippen molar-refractivity contribution in [3.8, 4) is 16.9 Å². The molecule has 0 bridgehead atoms. The number of ether oxygens (including phenoxy) is 2. The van der Waals surface area contributed by atoms with Gasteiger partial charge in [0.15, 0.2) is 6.61 Å². The van der Waals surface area contributed by atoms with Crippen molar-refractivity contribution in [1.29, 1.82) is 0 Å². The van der Waals surface area contributed by atoms with Crippen LogP contribution in [0.25, 0.3) is 11.1 Å². The van der Waals surface area contributed by atoms with Crippen LogP contribution in [0.3, 0.4) is 0 Å². The summed E-state index contributed by atoms with van der Waals surface area (Å²) in [7, 11) is 0. The van der Waals surface area contributed by atoms with Gasteiger partial charge >= 0.3 is 5.97 Å². The molecule has 1 aromatic heterocycles. The molecular formula is C25H26BrNO4S. The first kappa shape index (κ1) is 24.0. The van der Waals surface area contributed by atoms with Crippen LogP contribution in [0.1, 0.15) is 39.5 Å². The molecule has 0 saturated carbocycles. The third-order valence-electron chi connectivity index (χ3n) is 5.11. The summed E-state index contributed by atoms with van der Waals surface area (Å²) in [5.74, 6) is -0.125. The monoisotopic (exact) mass is 515 g/mol. The number of anilines is 1. The standard InChI is InChI=1S/C25H26BrNO4S/c1-6-30-25(29)22-20(18-8-7-14(2)15(3)9-18)13-32-24(22)27-21(28)12-31-23-16(4)10-19(26)11-17(23)5/h7-11,13H,6,12H2,1-5H3,(H,27,28). The molecule has 0 aliphatic rings. The van der Waals surface area contributed by atoms with Gasteiger partial charge in [-0.3, -0.25) is 4.79 Å². The second-order valence-corrected chi connectivity index (χ2v) is 9.37. The quantitative estimate of drug-likeness (QED) is 0.359. The Kier molecular flexibility index (Phi) is 7.74. The van der Waals surface area contributed by atoms with Crippen LogP contribution in [0.5, 0.6) is 5.75 Å². The SMILES string of the molecule is CCOC(=O)c1c(-c2ccc(C)c(C)c2)csc1NC(=O)COc1c(C)cc(Br)cc1C. The van der Waals surface area contributed by atoms with Gasteiger partial charge in [-0.1, -0.05) is 34.1 Å². The van der Waals surface area contributed by atoms with Crippen molar-refractivity contribution in [2.45, 2.75) is 34.6 Å². The number of aryl methyl sites for hydroxylation is 4. The highest BCUT2D eigenvalue weighted by atomic mass is 79.9. The number of hydrogen-bond donors (Lipinski definition) is 1. The van der Waals surface area contributed by atoms with Crippen LogP contribution in [0.2, 0.25) is 0 Å². The Labute approximate surface area is 200 Å². The highest BCUT2D eigenvalue weighted by Gasteiger charge is 2.23. The Hall–Kier alpha value is -2.64. The Morgan fingerprint density at radius 2 is 1.69 bits per heavy atom. The maximum absolute atomic E-state index is 12.8. The van der Waals surface area contributed by atoms with Gasteiger partial charge in [-0.25, -0.2) is 4.79 Å². The second-order valence-electron chi connectivity index (χ2n) is 7.58. The van der Waals surface area contributed by atoms with Crippen LogP contribution in [0.15, 0.2) is 40.2 Å². The zero-order valence-electron chi connectivity index (χ0n) is 18.8. The van der Waals surface area contributed by atoms with E-state index in [1.165, 1.54) is 16.9 Å². The Bertz CT molecular complexity index is 1150. The van der Waals surface area contributed by atoms with E-state index in [1.54, 1.807) is 6.92 Å². The van der Waals surface area contributed by atoms with Gasteiger partial charge in [0.05, 0.1) is 6.61 Å². The van der Waals surface area contributed by atoms with E-state index in [4.69, 9.17) is 9.47 Å². The lowest BCUT2D eigenvalue weighted by atomic mass is 9.99. The minimum absolute atomic E-state index is 0.164. The van der Waals surface area contributed by atoms with Crippen LogP contribution >= 0.6 is 27.3 Å². The minimum atomic E-state index is -0.460. The molecule has 0 spiro atoms. The summed E-state index contributed by atoms with van der Waals surface area (Å²) in [6, 6.07) is 9.91. The first-order valence-electron chi connectivity index (χ1n) is 10.3. The fourth-order valence-electron chi connectivity index (χ4n) is 3.40. The molecule has 32 heavy (non-hydrogen) atoms. The molecule has 0 aliphatic heterocycles. The molecule has 0 unspecified atom stereocenters. The molecular weight excluding hydrogens is 490 g/mol. The van der Waals surface area contributed by atoms with Gasteiger partial charge in [0, 0.05) is 15.4 Å². The van der Waals surface area contributed by atoms with E-state index in [9.17, 15) is 9.59 Å². The third kappa shape index (κ3) is 5.40. The summed E-state index contributed by atoms with van der Waals surface area (Å²) in [6.07, 6.45) is 0. The van der Waals surface area contributed by atoms with Crippen molar-refractivity contribution in [3.05, 3.63) is 68.0 Å². The summed E-state index contributed by atoms with van der Waals surface area (Å²) in [6.45, 7) is 9.77. The van der Waals surface area contributed by atoms with Crippen molar-refractivity contribution < 1.29 is 19.1 Å². The summed E-state index contributed by atoms with van der Waals surface area (Å²) in [5, 5.41) is 5.16. The van der Waals surface area contributed by atoms with E-state index in [2.05, 4.69) is 21.2 Å². The van der Waals surface area contributed by atoms with Crippen molar-refractivity contribution in [1.82, 2.24) is 0 Å². The van der Waals surface area contributed by atoms with Gasteiger partial charge in [0.25, 0.3) is 5.91 Å². The second kappa shape index (κ2) is 10.3. The van der Waals surface area contributed by atoms with Crippen LogP contribution < -0.4 is 10.1 Å². The molecule has 1 N–H and O–H groups in total. The Morgan fingerprint density at radius 1 is 1.00 bits per heavy atom. The molecule has 1 amide bonds. The molecule has 1 heterocycles. The van der Waals surface area contributed by atoms with Gasteiger partial charge < -0.3 is 14.8 Å². The zero-order valence-corrected chi connectivity index (χ0v) is 21.2. The molecule has 0 aliphatic carbocycles. The maximum Gasteiger partial charge on any atom is 0.341 e. The molecule has 0 atom stereocenters. The van der Waals surface area contributed by atoms with Gasteiger partial charge in [-0.2, -0.15) is 0 Å². The number of esters is 1. The first-order valence-corrected chi connectivity index (χ1v) is 11.9. The first-order chi connectivity index (χ1) is 15.2. The fraction of sp³-hybridized carbons (Fsp3) is 0.280. The minimum Gasteiger partial charge on any atom is -0.483 e. The predicted octanol–water partition coefficient (Wildman–Crippen LogP) is 6.61. The molecule has 3 rings (SSSR count). The lowest BCUT2D eigenvalue weighted by molar-refractivity contribution is -0.118. The number of thiophene rings is 1. The molecule has 5 nitrogen and oxygen atoms in total. The van der Waals surface area contributed by atoms with Gasteiger partial charge in [-0.05, 0) is 74.6 Å². The zero-order chi connectivity index (χ0) is 23.4. The van der Waals surface area contributed by atoms with Crippen LogP contribution in [0, 0.1) is 27.7 Å². The van der Waals surface area contributed by atoms with E-state index in [-0.39, 0.29) is 19.1 Å². The fourth-order valence-corrected chi connectivity index (χ4v) is 5.06. The lowest BCUT2D eigenvalue weighted by Crippen LogP contribution is -2.21. The Morgan fingerprint density at radius 3 is 2.31 bits per heavy atom. The highest BCUT2D eigenvalue weighted by Crippen LogP contribution is 2.37. The topological polar surface area (TPSA) is 64.6 Å². The molecule has 7 heteroatoms. The summed E-state index contributed by atoms with van der Waals surface area (Å²) in [5.41, 5.74) is 6.19. The maximum atomic E-state index is 12.8. The summed E-state index contributed by atoms with van der Waals surface area (Å²) >= 11 is 4.76. The van der Waals surface area contributed by atoms with Crippen molar-refractivity contribution in [2.24, 2.45) is 0 Å². The smallest absolute Gasteiger partial charge is 0.341 e. The van der Waals surface area contributed by atoms with E-state index < -0.39 is 5.97 Å². The van der Waals surface area contributed by atoms with Crippen LogP contribution in [-0.2, 0) is 9.53 Å². The summed E-state index contributed by atoms with van der Waals surface area (Å²) < 4.78 is 12.0. The molecule has 0 radical (unpaired) electrons. The number of nitrogens with one attached hydrogen (secondary N) is 1. The Balaban J connectivity index is 1.84. The molecule has 0 saturated heterocycles. The molecule has 168 valence electrons. The van der Waals surface area contributed by atoms with Crippen molar-refractivity contribution in [3.63, 3.8) is 0 Å². The average molecular weight is 516 g/mol. The van der Waals surface area contributed by atoms with Crippen LogP contribution in [-0.4, -0.2) is 25.1 Å². The van der Waals surface area contributed by atoms with Gasteiger partial charge in [0.1, 0.15) is 16.3 Å². The van der Waals surface area contributed by atoms with Crippen LogP contribution in [0.4, 0.5) is 5.00 Å². The predicted molar refractivity (Wildman–Crippen MR) is 133 cm³/mol. The van der Waals surface area contributed by atoms with E-state index in [1.807, 2.05) is 63.4 Å². The van der Waals surface area contributed by atoms with Crippen molar-refractivity contribution in [2.75, 3.05) is 18.5 Å². The average Bonchev–Trinajstić information content (AvgIpc) is 3.13. The number of halogens is 1. The number of amides is 1. The molecule has 3 aromatic rings. The number of carbonyl (C=O) groups is 2. The number of carbonyl (C=O) groups excluding carboxylic acids is 2. The number of rotatable bonds is 7. The number of benzene rings is 2. The van der Waals surface area contributed by atoms with E-state index >= 15 is 0 Å². The number of hydrogen-bond acceptors (Lipinski definition) is 5. The van der Waals surface area contributed by atoms with Gasteiger partial charge in [-0.15, -0.1) is 11.3 Å². The van der Waals surface area contributed by atoms with Crippen molar-refractivity contribution >= 4 is 44.1 Å². The summed E-state index contributed by atoms with van der Waals surface area (Å²) in [4.78, 5) is 25.4. The highest BCUT2D eigenvalue weighted by molar-refractivity contribution is 9.10. The third-order valence-corrected chi connectivity index (χ3v) is 6.47. The van der Waals surface area contributed by atoms with E-state index in [0.717, 1.165) is 32.3 Å². The normalized spacial score (nSPS) is 10.7. The lowest BCUT2D eigenvalue weighted by Gasteiger charge is -2.13. The largest absolute Gasteiger partial charge is 0.483 e. The van der Waals surface area contributed by atoms with E-state index in [0.29, 0.717) is 16.3 Å².